The normalized spacial score (nSPS) is 10.4. The lowest BCUT2D eigenvalue weighted by molar-refractivity contribution is 0.271. The standard InChI is InChI=1S/C15H25NO2/c1-4-6-7-10-18-14-9-8-13(12-16-3)11-15(14)17-5-2/h8-9,11,16H,4-7,10,12H2,1-3H3. The highest BCUT2D eigenvalue weighted by Gasteiger charge is 2.06. The van der Waals surface area contributed by atoms with Crippen LogP contribution >= 0.6 is 0 Å². The molecule has 0 aliphatic carbocycles. The highest BCUT2D eigenvalue weighted by molar-refractivity contribution is 5.43. The molecule has 0 fully saturated rings. The van der Waals surface area contributed by atoms with Gasteiger partial charge in [0, 0.05) is 6.54 Å². The van der Waals surface area contributed by atoms with Gasteiger partial charge in [-0.2, -0.15) is 0 Å². The maximum absolute atomic E-state index is 5.78. The lowest BCUT2D eigenvalue weighted by atomic mass is 10.2. The molecule has 0 aromatic heterocycles. The zero-order valence-corrected chi connectivity index (χ0v) is 11.8. The summed E-state index contributed by atoms with van der Waals surface area (Å²) in [7, 11) is 1.94. The average Bonchev–Trinajstić information content (AvgIpc) is 2.37. The topological polar surface area (TPSA) is 30.5 Å². The minimum absolute atomic E-state index is 0.661. The fourth-order valence-electron chi connectivity index (χ4n) is 1.79. The van der Waals surface area contributed by atoms with E-state index in [1.165, 1.54) is 18.4 Å². The van der Waals surface area contributed by atoms with Gasteiger partial charge in [0.2, 0.25) is 0 Å². The summed E-state index contributed by atoms with van der Waals surface area (Å²) in [5.74, 6) is 1.70. The van der Waals surface area contributed by atoms with Gasteiger partial charge in [-0.3, -0.25) is 0 Å². The maximum Gasteiger partial charge on any atom is 0.161 e. The number of hydrogen-bond donors (Lipinski definition) is 1. The first-order valence-corrected chi connectivity index (χ1v) is 6.84. The highest BCUT2D eigenvalue weighted by Crippen LogP contribution is 2.28. The first kappa shape index (κ1) is 14.8. The van der Waals surface area contributed by atoms with Gasteiger partial charge in [-0.05, 0) is 38.1 Å². The van der Waals surface area contributed by atoms with E-state index in [9.17, 15) is 0 Å². The van der Waals surface area contributed by atoms with Crippen LogP contribution in [0.15, 0.2) is 18.2 Å². The van der Waals surface area contributed by atoms with Crippen molar-refractivity contribution in [3.05, 3.63) is 23.8 Å². The van der Waals surface area contributed by atoms with Crippen molar-refractivity contribution < 1.29 is 9.47 Å². The van der Waals surface area contributed by atoms with E-state index >= 15 is 0 Å². The summed E-state index contributed by atoms with van der Waals surface area (Å²) >= 11 is 0. The lowest BCUT2D eigenvalue weighted by Crippen LogP contribution is -2.06. The number of ether oxygens (including phenoxy) is 2. The highest BCUT2D eigenvalue weighted by atomic mass is 16.5. The molecule has 0 saturated heterocycles. The Morgan fingerprint density at radius 1 is 1.06 bits per heavy atom. The molecule has 3 heteroatoms. The van der Waals surface area contributed by atoms with Crippen LogP contribution in [0, 0.1) is 0 Å². The summed E-state index contributed by atoms with van der Waals surface area (Å²) in [6.45, 7) is 6.45. The van der Waals surface area contributed by atoms with Crippen molar-refractivity contribution in [2.45, 2.75) is 39.7 Å². The van der Waals surface area contributed by atoms with E-state index in [0.29, 0.717) is 6.61 Å². The second-order valence-electron chi connectivity index (χ2n) is 4.30. The molecule has 0 aliphatic rings. The first-order chi connectivity index (χ1) is 8.81. The smallest absolute Gasteiger partial charge is 0.161 e. The van der Waals surface area contributed by atoms with Crippen molar-refractivity contribution in [1.82, 2.24) is 5.32 Å². The van der Waals surface area contributed by atoms with Crippen LogP contribution < -0.4 is 14.8 Å². The average molecular weight is 251 g/mol. The summed E-state index contributed by atoms with van der Waals surface area (Å²) in [5.41, 5.74) is 1.21. The number of nitrogens with one attached hydrogen (secondary N) is 1. The van der Waals surface area contributed by atoms with Crippen LogP contribution in [0.2, 0.25) is 0 Å². The third-order valence-corrected chi connectivity index (χ3v) is 2.69. The molecule has 1 N–H and O–H groups in total. The molecule has 0 bridgehead atoms. The largest absolute Gasteiger partial charge is 0.490 e. The number of hydrogen-bond acceptors (Lipinski definition) is 3. The van der Waals surface area contributed by atoms with Crippen LogP contribution in [-0.2, 0) is 6.54 Å². The predicted octanol–water partition coefficient (Wildman–Crippen LogP) is 3.37. The Kier molecular flexibility index (Phi) is 7.26. The Balaban J connectivity index is 2.63. The van der Waals surface area contributed by atoms with E-state index < -0.39 is 0 Å². The number of benzene rings is 1. The van der Waals surface area contributed by atoms with Gasteiger partial charge in [-0.25, -0.2) is 0 Å². The zero-order chi connectivity index (χ0) is 13.2. The molecule has 1 aromatic rings. The molecule has 3 nitrogen and oxygen atoms in total. The van der Waals surface area contributed by atoms with E-state index in [1.54, 1.807) is 0 Å². The SMILES string of the molecule is CCCCCOc1ccc(CNC)cc1OCC. The molecule has 0 aliphatic heterocycles. The Morgan fingerprint density at radius 2 is 1.89 bits per heavy atom. The van der Waals surface area contributed by atoms with Crippen LogP contribution in [0.3, 0.4) is 0 Å². The van der Waals surface area contributed by atoms with E-state index in [2.05, 4.69) is 24.4 Å². The van der Waals surface area contributed by atoms with Gasteiger partial charge in [-0.1, -0.05) is 25.8 Å². The van der Waals surface area contributed by atoms with Crippen molar-refractivity contribution in [1.29, 1.82) is 0 Å². The van der Waals surface area contributed by atoms with Gasteiger partial charge in [0.25, 0.3) is 0 Å². The fraction of sp³-hybridized carbons (Fsp3) is 0.600. The molecule has 0 radical (unpaired) electrons. The van der Waals surface area contributed by atoms with Crippen LogP contribution in [0.25, 0.3) is 0 Å². The predicted molar refractivity (Wildman–Crippen MR) is 75.4 cm³/mol. The second-order valence-corrected chi connectivity index (χ2v) is 4.30. The maximum atomic E-state index is 5.78. The van der Waals surface area contributed by atoms with Gasteiger partial charge in [0.15, 0.2) is 11.5 Å². The summed E-state index contributed by atoms with van der Waals surface area (Å²) < 4.78 is 11.4. The van der Waals surface area contributed by atoms with Crippen molar-refractivity contribution >= 4 is 0 Å². The van der Waals surface area contributed by atoms with Crippen LogP contribution in [0.1, 0.15) is 38.7 Å². The van der Waals surface area contributed by atoms with Crippen molar-refractivity contribution in [2.75, 3.05) is 20.3 Å². The number of rotatable bonds is 9. The molecule has 18 heavy (non-hydrogen) atoms. The summed E-state index contributed by atoms with van der Waals surface area (Å²) in [4.78, 5) is 0. The quantitative estimate of drug-likeness (QED) is 0.683. The minimum atomic E-state index is 0.661. The van der Waals surface area contributed by atoms with Gasteiger partial charge >= 0.3 is 0 Å². The van der Waals surface area contributed by atoms with E-state index in [0.717, 1.165) is 31.1 Å². The van der Waals surface area contributed by atoms with E-state index in [-0.39, 0.29) is 0 Å². The molecular formula is C15H25NO2. The molecule has 0 unspecified atom stereocenters. The number of unbranched alkanes of at least 4 members (excludes halogenated alkanes) is 2. The van der Waals surface area contributed by atoms with Crippen LogP contribution in [0.4, 0.5) is 0 Å². The third-order valence-electron chi connectivity index (χ3n) is 2.69. The lowest BCUT2D eigenvalue weighted by Gasteiger charge is -2.13. The van der Waals surface area contributed by atoms with Gasteiger partial charge in [-0.15, -0.1) is 0 Å². The Bertz CT molecular complexity index is 339. The fourth-order valence-corrected chi connectivity index (χ4v) is 1.79. The summed E-state index contributed by atoms with van der Waals surface area (Å²) in [5, 5.41) is 3.14. The van der Waals surface area contributed by atoms with Crippen molar-refractivity contribution in [3.8, 4) is 11.5 Å². The van der Waals surface area contributed by atoms with Gasteiger partial charge < -0.3 is 14.8 Å². The molecular weight excluding hydrogens is 226 g/mol. The molecule has 0 spiro atoms. The monoisotopic (exact) mass is 251 g/mol. The van der Waals surface area contributed by atoms with Crippen LogP contribution in [-0.4, -0.2) is 20.3 Å². The molecule has 0 saturated carbocycles. The molecule has 0 amide bonds. The second kappa shape index (κ2) is 8.81. The first-order valence-electron chi connectivity index (χ1n) is 6.84. The summed E-state index contributed by atoms with van der Waals surface area (Å²) in [6, 6.07) is 6.13. The third kappa shape index (κ3) is 4.96. The van der Waals surface area contributed by atoms with Gasteiger partial charge in [0.1, 0.15) is 0 Å². The van der Waals surface area contributed by atoms with Crippen LogP contribution in [0.5, 0.6) is 11.5 Å². The molecule has 1 aromatic carbocycles. The molecule has 0 heterocycles. The Hall–Kier alpha value is -1.22. The summed E-state index contributed by atoms with van der Waals surface area (Å²) in [6.07, 6.45) is 3.52. The minimum Gasteiger partial charge on any atom is -0.490 e. The Labute approximate surface area is 110 Å². The Morgan fingerprint density at radius 3 is 2.56 bits per heavy atom. The molecule has 1 rings (SSSR count). The molecule has 0 atom stereocenters. The van der Waals surface area contributed by atoms with E-state index in [4.69, 9.17) is 9.47 Å². The van der Waals surface area contributed by atoms with Gasteiger partial charge in [0.05, 0.1) is 13.2 Å². The van der Waals surface area contributed by atoms with Crippen molar-refractivity contribution in [2.24, 2.45) is 0 Å². The van der Waals surface area contributed by atoms with E-state index in [1.807, 2.05) is 20.0 Å². The van der Waals surface area contributed by atoms with Crippen molar-refractivity contribution in [3.63, 3.8) is 0 Å². The zero-order valence-electron chi connectivity index (χ0n) is 11.8. The molecule has 102 valence electrons.